The molecule has 0 spiro atoms. The van der Waals surface area contributed by atoms with Crippen molar-refractivity contribution in [3.8, 4) is 0 Å². The lowest BCUT2D eigenvalue weighted by atomic mass is 9.93. The van der Waals surface area contributed by atoms with Gasteiger partial charge in [-0.2, -0.15) is 13.2 Å². The van der Waals surface area contributed by atoms with Gasteiger partial charge in [0.25, 0.3) is 0 Å². The number of halogens is 3. The second-order valence-electron chi connectivity index (χ2n) is 7.02. The van der Waals surface area contributed by atoms with E-state index in [-0.39, 0.29) is 17.5 Å². The van der Waals surface area contributed by atoms with Gasteiger partial charge in [-0.15, -0.1) is 0 Å². The molecular formula is C19H23F3N2O3. The van der Waals surface area contributed by atoms with E-state index in [9.17, 15) is 22.8 Å². The molecule has 0 bridgehead atoms. The van der Waals surface area contributed by atoms with Crippen molar-refractivity contribution in [1.82, 2.24) is 4.90 Å². The lowest BCUT2D eigenvalue weighted by Crippen LogP contribution is -2.45. The van der Waals surface area contributed by atoms with E-state index in [2.05, 4.69) is 5.32 Å². The Hall–Kier alpha value is -2.09. The highest BCUT2D eigenvalue weighted by atomic mass is 19.4. The summed E-state index contributed by atoms with van der Waals surface area (Å²) in [5, 5.41) is 2.42. The summed E-state index contributed by atoms with van der Waals surface area (Å²) in [5.74, 6) is -0.753. The van der Waals surface area contributed by atoms with Gasteiger partial charge in [0.1, 0.15) is 0 Å². The number of nitrogens with one attached hydrogen (secondary N) is 1. The maximum atomic E-state index is 13.1. The summed E-state index contributed by atoms with van der Waals surface area (Å²) >= 11 is 0. The number of piperidine rings is 1. The Bertz CT molecular complexity index is 679. The molecule has 2 saturated heterocycles. The van der Waals surface area contributed by atoms with Crippen molar-refractivity contribution >= 4 is 17.5 Å². The van der Waals surface area contributed by atoms with Crippen molar-refractivity contribution in [3.05, 3.63) is 29.8 Å². The van der Waals surface area contributed by atoms with Crippen molar-refractivity contribution in [2.45, 2.75) is 31.9 Å². The van der Waals surface area contributed by atoms with Gasteiger partial charge in [-0.1, -0.05) is 12.1 Å². The molecule has 0 unspecified atom stereocenters. The van der Waals surface area contributed by atoms with E-state index >= 15 is 0 Å². The highest BCUT2D eigenvalue weighted by Gasteiger charge is 2.35. The molecule has 148 valence electrons. The summed E-state index contributed by atoms with van der Waals surface area (Å²) in [6, 6.07) is 4.95. The number of likely N-dealkylation sites (tertiary alicyclic amines) is 1. The van der Waals surface area contributed by atoms with E-state index in [0.717, 1.165) is 6.07 Å². The smallest absolute Gasteiger partial charge is 0.381 e. The summed E-state index contributed by atoms with van der Waals surface area (Å²) in [7, 11) is 0. The molecule has 2 amide bonds. The number of anilines is 1. The van der Waals surface area contributed by atoms with Gasteiger partial charge in [-0.3, -0.25) is 9.59 Å². The number of ether oxygens (including phenoxy) is 1. The molecule has 2 fully saturated rings. The number of amides is 2. The molecule has 1 aromatic carbocycles. The first-order valence-electron chi connectivity index (χ1n) is 9.20. The SMILES string of the molecule is O=C(Nc1ccccc1C(F)(F)F)C1CCN(C(=O)C2CCOCC2)CC1. The minimum Gasteiger partial charge on any atom is -0.381 e. The lowest BCUT2D eigenvalue weighted by molar-refractivity contribution is -0.141. The Balaban J connectivity index is 1.55. The molecular weight excluding hydrogens is 361 g/mol. The molecule has 8 heteroatoms. The van der Waals surface area contributed by atoms with Crippen LogP contribution in [0.3, 0.4) is 0 Å². The molecule has 0 aromatic heterocycles. The van der Waals surface area contributed by atoms with E-state index < -0.39 is 23.6 Å². The third-order valence-corrected chi connectivity index (χ3v) is 5.24. The third-order valence-electron chi connectivity index (χ3n) is 5.24. The Morgan fingerprint density at radius 2 is 1.63 bits per heavy atom. The first kappa shape index (κ1) is 19.7. The van der Waals surface area contributed by atoms with Crippen LogP contribution in [0.4, 0.5) is 18.9 Å². The van der Waals surface area contributed by atoms with E-state index in [0.29, 0.717) is 52.0 Å². The summed E-state index contributed by atoms with van der Waals surface area (Å²) in [6.45, 7) is 2.09. The fourth-order valence-corrected chi connectivity index (χ4v) is 3.64. The molecule has 5 nitrogen and oxygen atoms in total. The number of carbonyl (C=O) groups is 2. The van der Waals surface area contributed by atoms with Crippen LogP contribution >= 0.6 is 0 Å². The van der Waals surface area contributed by atoms with Gasteiger partial charge in [0, 0.05) is 38.1 Å². The van der Waals surface area contributed by atoms with Crippen molar-refractivity contribution in [2.75, 3.05) is 31.6 Å². The number of hydrogen-bond donors (Lipinski definition) is 1. The quantitative estimate of drug-likeness (QED) is 0.870. The van der Waals surface area contributed by atoms with Crippen LogP contribution in [-0.4, -0.2) is 43.0 Å². The summed E-state index contributed by atoms with van der Waals surface area (Å²) in [6.07, 6.45) is -2.19. The molecule has 0 radical (unpaired) electrons. The molecule has 0 atom stereocenters. The maximum absolute atomic E-state index is 13.1. The van der Waals surface area contributed by atoms with Crippen LogP contribution in [-0.2, 0) is 20.5 Å². The van der Waals surface area contributed by atoms with E-state index in [4.69, 9.17) is 4.74 Å². The van der Waals surface area contributed by atoms with E-state index in [1.807, 2.05) is 0 Å². The van der Waals surface area contributed by atoms with Gasteiger partial charge < -0.3 is 15.0 Å². The van der Waals surface area contributed by atoms with Crippen LogP contribution in [0.15, 0.2) is 24.3 Å². The molecule has 2 aliphatic rings. The number of carbonyl (C=O) groups excluding carboxylic acids is 2. The first-order chi connectivity index (χ1) is 12.9. The van der Waals surface area contributed by atoms with Crippen LogP contribution in [0.5, 0.6) is 0 Å². The zero-order chi connectivity index (χ0) is 19.4. The fourth-order valence-electron chi connectivity index (χ4n) is 3.64. The number of rotatable bonds is 3. The molecule has 2 heterocycles. The minimum absolute atomic E-state index is 0.0252. The van der Waals surface area contributed by atoms with Crippen LogP contribution < -0.4 is 5.32 Å². The van der Waals surface area contributed by atoms with Gasteiger partial charge in [0.2, 0.25) is 11.8 Å². The Morgan fingerprint density at radius 3 is 2.26 bits per heavy atom. The third kappa shape index (κ3) is 4.80. The standard InChI is InChI=1S/C19H23F3N2O3/c20-19(21,22)15-3-1-2-4-16(15)23-17(25)13-5-9-24(10-6-13)18(26)14-7-11-27-12-8-14/h1-4,13-14H,5-12H2,(H,23,25). The van der Waals surface area contributed by atoms with Crippen LogP contribution in [0.2, 0.25) is 0 Å². The number of para-hydroxylation sites is 1. The van der Waals surface area contributed by atoms with Crippen molar-refractivity contribution < 1.29 is 27.5 Å². The summed E-state index contributed by atoms with van der Waals surface area (Å²) < 4.78 is 44.4. The number of benzene rings is 1. The highest BCUT2D eigenvalue weighted by molar-refractivity contribution is 5.93. The van der Waals surface area contributed by atoms with Gasteiger partial charge in [0.15, 0.2) is 0 Å². The van der Waals surface area contributed by atoms with Crippen LogP contribution in [0.25, 0.3) is 0 Å². The number of alkyl halides is 3. The second kappa shape index (κ2) is 8.29. The van der Waals surface area contributed by atoms with Gasteiger partial charge >= 0.3 is 6.18 Å². The van der Waals surface area contributed by atoms with Gasteiger partial charge in [-0.05, 0) is 37.8 Å². The van der Waals surface area contributed by atoms with Crippen molar-refractivity contribution in [3.63, 3.8) is 0 Å². The molecule has 1 N–H and O–H groups in total. The highest BCUT2D eigenvalue weighted by Crippen LogP contribution is 2.35. The Morgan fingerprint density at radius 1 is 1.00 bits per heavy atom. The molecule has 0 saturated carbocycles. The van der Waals surface area contributed by atoms with Gasteiger partial charge in [-0.25, -0.2) is 0 Å². The van der Waals surface area contributed by atoms with Crippen LogP contribution in [0.1, 0.15) is 31.2 Å². The Labute approximate surface area is 155 Å². The van der Waals surface area contributed by atoms with Crippen molar-refractivity contribution in [1.29, 1.82) is 0 Å². The summed E-state index contributed by atoms with van der Waals surface area (Å²) in [4.78, 5) is 26.7. The first-order valence-corrected chi connectivity index (χ1v) is 9.20. The van der Waals surface area contributed by atoms with E-state index in [1.165, 1.54) is 18.2 Å². The number of nitrogens with zero attached hydrogens (tertiary/aromatic N) is 1. The molecule has 0 aliphatic carbocycles. The topological polar surface area (TPSA) is 58.6 Å². The largest absolute Gasteiger partial charge is 0.418 e. The lowest BCUT2D eigenvalue weighted by Gasteiger charge is -2.34. The Kier molecular flexibility index (Phi) is 6.04. The monoisotopic (exact) mass is 384 g/mol. The van der Waals surface area contributed by atoms with E-state index in [1.54, 1.807) is 4.90 Å². The fraction of sp³-hybridized carbons (Fsp3) is 0.579. The second-order valence-corrected chi connectivity index (χ2v) is 7.02. The zero-order valence-corrected chi connectivity index (χ0v) is 14.9. The molecule has 2 aliphatic heterocycles. The average molecular weight is 384 g/mol. The minimum atomic E-state index is -4.52. The van der Waals surface area contributed by atoms with Gasteiger partial charge in [0.05, 0.1) is 11.3 Å². The summed E-state index contributed by atoms with van der Waals surface area (Å²) in [5.41, 5.74) is -1.08. The van der Waals surface area contributed by atoms with Crippen LogP contribution in [0, 0.1) is 11.8 Å². The average Bonchev–Trinajstić information content (AvgIpc) is 2.68. The van der Waals surface area contributed by atoms with Crippen molar-refractivity contribution in [2.24, 2.45) is 11.8 Å². The normalized spacial score (nSPS) is 19.7. The number of hydrogen-bond acceptors (Lipinski definition) is 3. The molecule has 3 rings (SSSR count). The molecule has 27 heavy (non-hydrogen) atoms. The predicted octanol–water partition coefficient (Wildman–Crippen LogP) is 3.31. The predicted molar refractivity (Wildman–Crippen MR) is 92.9 cm³/mol. The zero-order valence-electron chi connectivity index (χ0n) is 14.9. The molecule has 1 aromatic rings. The maximum Gasteiger partial charge on any atom is 0.418 e.